The van der Waals surface area contributed by atoms with E-state index in [1.807, 2.05) is 36.0 Å². The van der Waals surface area contributed by atoms with Gasteiger partial charge in [0.25, 0.3) is 5.89 Å². The Balaban J connectivity index is 1.69. The lowest BCUT2D eigenvalue weighted by molar-refractivity contribution is 0.282. The summed E-state index contributed by atoms with van der Waals surface area (Å²) in [6.07, 6.45) is 3.12. The Kier molecular flexibility index (Phi) is 3.72. The average molecular weight is 338 g/mol. The van der Waals surface area contributed by atoms with Gasteiger partial charge < -0.3 is 9.63 Å². The van der Waals surface area contributed by atoms with E-state index in [0.29, 0.717) is 17.1 Å². The molecule has 4 rings (SSSR count). The molecule has 0 spiro atoms. The van der Waals surface area contributed by atoms with Gasteiger partial charge in [-0.05, 0) is 30.2 Å². The van der Waals surface area contributed by atoms with Crippen molar-refractivity contribution in [2.24, 2.45) is 12.5 Å². The molecule has 0 radical (unpaired) electrons. The van der Waals surface area contributed by atoms with Crippen LogP contribution in [-0.2, 0) is 26.5 Å². The predicted molar refractivity (Wildman–Crippen MR) is 93.7 cm³/mol. The van der Waals surface area contributed by atoms with Gasteiger partial charge in [-0.25, -0.2) is 0 Å². The highest BCUT2D eigenvalue weighted by atomic mass is 16.5. The van der Waals surface area contributed by atoms with Gasteiger partial charge in [0, 0.05) is 23.9 Å². The maximum Gasteiger partial charge on any atom is 0.279 e. The Morgan fingerprint density at radius 3 is 2.72 bits per heavy atom. The van der Waals surface area contributed by atoms with Gasteiger partial charge in [0.15, 0.2) is 5.69 Å². The van der Waals surface area contributed by atoms with E-state index in [0.717, 1.165) is 36.1 Å². The summed E-state index contributed by atoms with van der Waals surface area (Å²) in [7, 11) is 1.98. The van der Waals surface area contributed by atoms with Crippen molar-refractivity contribution < 1.29 is 9.63 Å². The quantitative estimate of drug-likeness (QED) is 0.794. The maximum atomic E-state index is 9.14. The summed E-state index contributed by atoms with van der Waals surface area (Å²) in [5.41, 5.74) is 5.31. The van der Waals surface area contributed by atoms with Crippen LogP contribution in [0.15, 0.2) is 28.8 Å². The third-order valence-electron chi connectivity index (χ3n) is 5.00. The highest BCUT2D eigenvalue weighted by Gasteiger charge is 2.32. The SMILES string of the molecule is Cn1nc(-c2nc(-c3ccc(CO)cc3)no2)c2c1CC(C)(C)CC2. The van der Waals surface area contributed by atoms with Crippen LogP contribution >= 0.6 is 0 Å². The number of aryl methyl sites for hydroxylation is 1. The minimum atomic E-state index is 0.0220. The standard InChI is InChI=1S/C19H22N4O2/c1-19(2)9-8-14-15(10-19)23(3)21-16(14)18-20-17(22-25-18)13-6-4-12(11-24)5-7-13/h4-7,24H,8-11H2,1-3H3. The van der Waals surface area contributed by atoms with Crippen molar-refractivity contribution in [3.63, 3.8) is 0 Å². The summed E-state index contributed by atoms with van der Waals surface area (Å²) >= 11 is 0. The topological polar surface area (TPSA) is 77.0 Å². The van der Waals surface area contributed by atoms with Crippen molar-refractivity contribution in [1.29, 1.82) is 0 Å². The molecule has 0 saturated heterocycles. The molecule has 1 aliphatic rings. The van der Waals surface area contributed by atoms with E-state index < -0.39 is 0 Å². The van der Waals surface area contributed by atoms with Gasteiger partial charge in [-0.2, -0.15) is 10.1 Å². The van der Waals surface area contributed by atoms with Crippen LogP contribution in [0, 0.1) is 5.41 Å². The Hall–Kier alpha value is -2.47. The molecule has 130 valence electrons. The molecule has 0 amide bonds. The Labute approximate surface area is 146 Å². The molecule has 2 aromatic heterocycles. The summed E-state index contributed by atoms with van der Waals surface area (Å²) in [5.74, 6) is 1.01. The van der Waals surface area contributed by atoms with Gasteiger partial charge in [0.2, 0.25) is 5.82 Å². The van der Waals surface area contributed by atoms with Gasteiger partial charge in [-0.15, -0.1) is 0 Å². The lowest BCUT2D eigenvalue weighted by Crippen LogP contribution is -2.23. The Morgan fingerprint density at radius 2 is 2.00 bits per heavy atom. The van der Waals surface area contributed by atoms with Crippen LogP contribution in [0.5, 0.6) is 0 Å². The number of aliphatic hydroxyl groups excluding tert-OH is 1. The van der Waals surface area contributed by atoms with Crippen molar-refractivity contribution >= 4 is 0 Å². The molecule has 3 aromatic rings. The predicted octanol–water partition coefficient (Wildman–Crippen LogP) is 3.14. The van der Waals surface area contributed by atoms with Crippen LogP contribution in [0.3, 0.4) is 0 Å². The summed E-state index contributed by atoms with van der Waals surface area (Å²) < 4.78 is 7.46. The second-order valence-corrected chi connectivity index (χ2v) is 7.52. The van der Waals surface area contributed by atoms with E-state index in [4.69, 9.17) is 9.63 Å². The fourth-order valence-corrected chi connectivity index (χ4v) is 3.46. The van der Waals surface area contributed by atoms with Gasteiger partial charge >= 0.3 is 0 Å². The summed E-state index contributed by atoms with van der Waals surface area (Å²) in [4.78, 5) is 4.55. The highest BCUT2D eigenvalue weighted by Crippen LogP contribution is 2.38. The molecule has 6 nitrogen and oxygen atoms in total. The number of hydrogen-bond acceptors (Lipinski definition) is 5. The summed E-state index contributed by atoms with van der Waals surface area (Å²) in [6, 6.07) is 7.49. The first-order valence-electron chi connectivity index (χ1n) is 8.56. The fourth-order valence-electron chi connectivity index (χ4n) is 3.46. The second-order valence-electron chi connectivity index (χ2n) is 7.52. The largest absolute Gasteiger partial charge is 0.392 e. The molecule has 0 atom stereocenters. The van der Waals surface area contributed by atoms with Gasteiger partial charge in [-0.1, -0.05) is 43.3 Å². The molecule has 2 heterocycles. The van der Waals surface area contributed by atoms with Crippen molar-refractivity contribution in [1.82, 2.24) is 19.9 Å². The molecule has 1 N–H and O–H groups in total. The summed E-state index contributed by atoms with van der Waals surface area (Å²) in [5, 5.41) is 17.9. The molecule has 0 unspecified atom stereocenters. The molecule has 25 heavy (non-hydrogen) atoms. The maximum absolute atomic E-state index is 9.14. The van der Waals surface area contributed by atoms with Crippen LogP contribution in [0.4, 0.5) is 0 Å². The average Bonchev–Trinajstić information content (AvgIpc) is 3.19. The molecule has 0 fully saturated rings. The van der Waals surface area contributed by atoms with Crippen molar-refractivity contribution in [2.45, 2.75) is 39.7 Å². The lowest BCUT2D eigenvalue weighted by Gasteiger charge is -2.29. The van der Waals surface area contributed by atoms with E-state index in [2.05, 4.69) is 29.1 Å². The van der Waals surface area contributed by atoms with Crippen molar-refractivity contribution in [3.8, 4) is 23.0 Å². The lowest BCUT2D eigenvalue weighted by atomic mass is 9.76. The van der Waals surface area contributed by atoms with E-state index >= 15 is 0 Å². The second kappa shape index (κ2) is 5.81. The minimum absolute atomic E-state index is 0.0220. The van der Waals surface area contributed by atoms with E-state index in [1.54, 1.807) is 0 Å². The van der Waals surface area contributed by atoms with Gasteiger partial charge in [0.1, 0.15) is 0 Å². The first kappa shape index (κ1) is 16.0. The molecule has 0 aliphatic heterocycles. The van der Waals surface area contributed by atoms with Crippen LogP contribution < -0.4 is 0 Å². The molecular formula is C19H22N4O2. The first-order chi connectivity index (χ1) is 12.0. The number of aliphatic hydroxyl groups is 1. The smallest absolute Gasteiger partial charge is 0.279 e. The molecular weight excluding hydrogens is 316 g/mol. The van der Waals surface area contributed by atoms with E-state index in [9.17, 15) is 0 Å². The first-order valence-corrected chi connectivity index (χ1v) is 8.56. The van der Waals surface area contributed by atoms with Crippen LogP contribution in [-0.4, -0.2) is 25.0 Å². The fraction of sp³-hybridized carbons (Fsp3) is 0.421. The molecule has 1 aliphatic carbocycles. The minimum Gasteiger partial charge on any atom is -0.392 e. The molecule has 0 saturated carbocycles. The number of rotatable bonds is 3. The number of aromatic nitrogens is 4. The van der Waals surface area contributed by atoms with E-state index in [-0.39, 0.29) is 6.61 Å². The van der Waals surface area contributed by atoms with Gasteiger partial charge in [0.05, 0.1) is 6.61 Å². The number of benzene rings is 1. The molecule has 1 aromatic carbocycles. The Bertz CT molecular complexity index is 906. The third-order valence-corrected chi connectivity index (χ3v) is 5.00. The highest BCUT2D eigenvalue weighted by molar-refractivity contribution is 5.61. The molecule has 6 heteroatoms. The monoisotopic (exact) mass is 338 g/mol. The van der Waals surface area contributed by atoms with Gasteiger partial charge in [-0.3, -0.25) is 4.68 Å². The van der Waals surface area contributed by atoms with Crippen LogP contribution in [0.1, 0.15) is 37.1 Å². The zero-order chi connectivity index (χ0) is 17.6. The van der Waals surface area contributed by atoms with Crippen LogP contribution in [0.2, 0.25) is 0 Å². The van der Waals surface area contributed by atoms with E-state index in [1.165, 1.54) is 11.3 Å². The summed E-state index contributed by atoms with van der Waals surface area (Å²) in [6.45, 7) is 4.61. The van der Waals surface area contributed by atoms with Crippen molar-refractivity contribution in [2.75, 3.05) is 0 Å². The number of hydrogen-bond donors (Lipinski definition) is 1. The number of fused-ring (bicyclic) bond motifs is 1. The Morgan fingerprint density at radius 1 is 1.24 bits per heavy atom. The normalized spacial score (nSPS) is 16.0. The van der Waals surface area contributed by atoms with Crippen LogP contribution in [0.25, 0.3) is 23.0 Å². The zero-order valence-electron chi connectivity index (χ0n) is 14.8. The molecule has 0 bridgehead atoms. The third kappa shape index (κ3) is 2.87. The zero-order valence-corrected chi connectivity index (χ0v) is 14.8. The van der Waals surface area contributed by atoms with Crippen molar-refractivity contribution in [3.05, 3.63) is 41.1 Å². The number of nitrogens with zero attached hydrogens (tertiary/aromatic N) is 4.